The maximum Gasteiger partial charge on any atom is 0.407 e. The molecule has 0 aliphatic rings. The zero-order valence-corrected chi connectivity index (χ0v) is 21.1. The van der Waals surface area contributed by atoms with E-state index in [4.69, 9.17) is 9.26 Å². The van der Waals surface area contributed by atoms with Crippen LogP contribution in [0.3, 0.4) is 0 Å². The fraction of sp³-hybridized carbons (Fsp3) is 0.231. The number of nitrogens with zero attached hydrogens (tertiary/aromatic N) is 2. The molecule has 0 spiro atoms. The third-order valence-electron chi connectivity index (χ3n) is 5.12. The lowest BCUT2D eigenvalue weighted by molar-refractivity contribution is 0.0522. The predicted octanol–water partition coefficient (Wildman–Crippen LogP) is 5.51. The molecule has 0 unspecified atom stereocenters. The average molecular weight is 512 g/mol. The van der Waals surface area contributed by atoms with Gasteiger partial charge in [0, 0.05) is 17.0 Å². The van der Waals surface area contributed by atoms with Crippen molar-refractivity contribution < 1.29 is 26.9 Å². The van der Waals surface area contributed by atoms with E-state index in [2.05, 4.69) is 10.5 Å². The van der Waals surface area contributed by atoms with Gasteiger partial charge in [-0.05, 0) is 70.2 Å². The largest absolute Gasteiger partial charge is 0.444 e. The van der Waals surface area contributed by atoms with Gasteiger partial charge in [-0.25, -0.2) is 21.6 Å². The lowest BCUT2D eigenvalue weighted by atomic mass is 10.1. The van der Waals surface area contributed by atoms with E-state index in [9.17, 15) is 17.6 Å². The van der Waals surface area contributed by atoms with Gasteiger partial charge < -0.3 is 14.6 Å². The van der Waals surface area contributed by atoms with Crippen molar-refractivity contribution in [3.8, 4) is 0 Å². The molecule has 4 aromatic rings. The third-order valence-corrected chi connectivity index (χ3v) is 6.90. The molecule has 0 aliphatic heterocycles. The molecule has 1 amide bonds. The van der Waals surface area contributed by atoms with E-state index in [0.29, 0.717) is 16.8 Å². The Morgan fingerprint density at radius 1 is 1.14 bits per heavy atom. The summed E-state index contributed by atoms with van der Waals surface area (Å²) in [5, 5.41) is 6.80. The maximum atomic E-state index is 14.9. The summed E-state index contributed by atoms with van der Waals surface area (Å²) in [6.07, 6.45) is 2.37. The van der Waals surface area contributed by atoms with Crippen molar-refractivity contribution in [1.29, 1.82) is 0 Å². The van der Waals surface area contributed by atoms with Gasteiger partial charge in [0.2, 0.25) is 0 Å². The van der Waals surface area contributed by atoms with Gasteiger partial charge in [0.05, 0.1) is 22.7 Å². The summed E-state index contributed by atoms with van der Waals surface area (Å²) in [6.45, 7) is 6.76. The second-order valence-corrected chi connectivity index (χ2v) is 11.0. The summed E-state index contributed by atoms with van der Waals surface area (Å²) in [4.78, 5) is 12.3. The lowest BCUT2D eigenvalue weighted by Crippen LogP contribution is -2.33. The van der Waals surface area contributed by atoms with Crippen LogP contribution < -0.4 is 5.32 Å². The predicted molar refractivity (Wildman–Crippen MR) is 134 cm³/mol. The minimum atomic E-state index is -4.08. The highest BCUT2D eigenvalue weighted by molar-refractivity contribution is 7.90. The molecular formula is C26H26FN3O5S. The first-order chi connectivity index (χ1) is 16.9. The first kappa shape index (κ1) is 25.2. The molecule has 1 N–H and O–H groups in total. The van der Waals surface area contributed by atoms with Crippen molar-refractivity contribution in [3.05, 3.63) is 83.1 Å². The number of hydrogen-bond donors (Lipinski definition) is 1. The molecule has 8 nitrogen and oxygen atoms in total. The summed E-state index contributed by atoms with van der Waals surface area (Å²) >= 11 is 0. The van der Waals surface area contributed by atoms with E-state index in [1.54, 1.807) is 58.0 Å². The van der Waals surface area contributed by atoms with E-state index in [-0.39, 0.29) is 28.2 Å². The maximum absolute atomic E-state index is 14.9. The van der Waals surface area contributed by atoms with Gasteiger partial charge in [-0.1, -0.05) is 23.4 Å². The Morgan fingerprint density at radius 3 is 2.50 bits per heavy atom. The van der Waals surface area contributed by atoms with Crippen molar-refractivity contribution >= 4 is 39.2 Å². The van der Waals surface area contributed by atoms with Crippen molar-refractivity contribution in [2.45, 2.75) is 44.7 Å². The number of aromatic nitrogens is 2. The highest BCUT2D eigenvalue weighted by atomic mass is 32.2. The number of hydrogen-bond acceptors (Lipinski definition) is 6. The quantitative estimate of drug-likeness (QED) is 0.366. The molecule has 2 aromatic heterocycles. The van der Waals surface area contributed by atoms with Crippen molar-refractivity contribution in [2.75, 3.05) is 0 Å². The van der Waals surface area contributed by atoms with Crippen LogP contribution in [0, 0.1) is 12.7 Å². The summed E-state index contributed by atoms with van der Waals surface area (Å²) in [5.74, 6) is 0.0652. The van der Waals surface area contributed by atoms with Gasteiger partial charge in [-0.3, -0.25) is 0 Å². The molecule has 0 atom stereocenters. The minimum Gasteiger partial charge on any atom is -0.444 e. The molecule has 188 valence electrons. The molecule has 2 aromatic carbocycles. The fourth-order valence-electron chi connectivity index (χ4n) is 3.63. The Balaban J connectivity index is 1.81. The number of ether oxygens (including phenoxy) is 1. The molecule has 36 heavy (non-hydrogen) atoms. The van der Waals surface area contributed by atoms with Crippen LogP contribution in [0.4, 0.5) is 9.18 Å². The van der Waals surface area contributed by atoms with E-state index in [0.717, 1.165) is 3.97 Å². The average Bonchev–Trinajstić information content (AvgIpc) is 3.38. The SMILES string of the molecule is Cc1cc(/C=C/c2cc3c(cc2F)cc(CNC(=O)OC(C)(C)C)n3S(=O)(=O)c2ccccc2)no1. The Kier molecular flexibility index (Phi) is 6.73. The van der Waals surface area contributed by atoms with E-state index in [1.807, 2.05) is 0 Å². The highest BCUT2D eigenvalue weighted by Crippen LogP contribution is 2.29. The van der Waals surface area contributed by atoms with Crippen molar-refractivity contribution in [2.24, 2.45) is 0 Å². The van der Waals surface area contributed by atoms with Crippen LogP contribution in [-0.4, -0.2) is 29.2 Å². The fourth-order valence-corrected chi connectivity index (χ4v) is 5.18. The standard InChI is InChI=1S/C26H26FN3O5S/c1-17-12-20(29-35-17)11-10-18-15-24-19(14-23(18)27)13-21(16-28-25(31)34-26(2,3)4)30(24)36(32,33)22-8-6-5-7-9-22/h5-15H,16H2,1-4H3,(H,28,31)/b11-10+. The topological polar surface area (TPSA) is 103 Å². The number of benzene rings is 2. The molecule has 10 heteroatoms. The molecule has 2 heterocycles. The summed E-state index contributed by atoms with van der Waals surface area (Å²) in [6, 6.07) is 13.8. The van der Waals surface area contributed by atoms with Crippen LogP contribution in [0.1, 0.15) is 43.5 Å². The Hall–Kier alpha value is -3.92. The zero-order valence-electron chi connectivity index (χ0n) is 20.3. The molecule has 0 saturated carbocycles. The van der Waals surface area contributed by atoms with Gasteiger partial charge in [0.1, 0.15) is 22.9 Å². The van der Waals surface area contributed by atoms with Gasteiger partial charge in [0.15, 0.2) is 0 Å². The van der Waals surface area contributed by atoms with Crippen molar-refractivity contribution in [1.82, 2.24) is 14.4 Å². The second-order valence-electron chi connectivity index (χ2n) is 9.20. The number of nitrogens with one attached hydrogen (secondary N) is 1. The number of rotatable bonds is 6. The Labute approximate surface area is 208 Å². The molecule has 0 saturated heterocycles. The van der Waals surface area contributed by atoms with E-state index < -0.39 is 27.5 Å². The summed E-state index contributed by atoms with van der Waals surface area (Å²) in [7, 11) is -4.08. The third kappa shape index (κ3) is 5.49. The number of carbonyl (C=O) groups excluding carboxylic acids is 1. The van der Waals surface area contributed by atoms with Crippen molar-refractivity contribution in [3.63, 3.8) is 0 Å². The Morgan fingerprint density at radius 2 is 1.86 bits per heavy atom. The number of carbonyl (C=O) groups is 1. The normalized spacial score (nSPS) is 12.4. The van der Waals surface area contributed by atoms with Crippen LogP contribution in [-0.2, 0) is 21.3 Å². The van der Waals surface area contributed by atoms with E-state index in [1.165, 1.54) is 36.4 Å². The second kappa shape index (κ2) is 9.62. The number of aryl methyl sites for hydroxylation is 1. The number of halogens is 1. The molecular weight excluding hydrogens is 485 g/mol. The zero-order chi connectivity index (χ0) is 26.1. The van der Waals surface area contributed by atoms with Gasteiger partial charge >= 0.3 is 6.09 Å². The highest BCUT2D eigenvalue weighted by Gasteiger charge is 2.25. The summed E-state index contributed by atoms with van der Waals surface area (Å²) in [5.41, 5.74) is 0.447. The van der Waals surface area contributed by atoms with Crippen LogP contribution in [0.2, 0.25) is 0 Å². The van der Waals surface area contributed by atoms with Crippen LogP contribution in [0.15, 0.2) is 64.0 Å². The smallest absolute Gasteiger partial charge is 0.407 e. The van der Waals surface area contributed by atoms with Crippen LogP contribution in [0.5, 0.6) is 0 Å². The molecule has 0 bridgehead atoms. The Bertz CT molecular complexity index is 1550. The van der Waals surface area contributed by atoms with Gasteiger partial charge in [-0.2, -0.15) is 0 Å². The monoisotopic (exact) mass is 511 g/mol. The first-order valence-electron chi connectivity index (χ1n) is 11.2. The number of fused-ring (bicyclic) bond motifs is 1. The van der Waals surface area contributed by atoms with Crippen LogP contribution >= 0.6 is 0 Å². The lowest BCUT2D eigenvalue weighted by Gasteiger charge is -2.20. The van der Waals surface area contributed by atoms with E-state index >= 15 is 0 Å². The van der Waals surface area contributed by atoms with Crippen LogP contribution in [0.25, 0.3) is 23.1 Å². The molecule has 0 radical (unpaired) electrons. The number of alkyl carbamates (subject to hydrolysis) is 1. The van der Waals surface area contributed by atoms with Gasteiger partial charge in [0.25, 0.3) is 10.0 Å². The molecule has 0 fully saturated rings. The number of amides is 1. The summed E-state index contributed by atoms with van der Waals surface area (Å²) < 4.78 is 53.7. The van der Waals surface area contributed by atoms with Gasteiger partial charge in [-0.15, -0.1) is 0 Å². The first-order valence-corrected chi connectivity index (χ1v) is 12.6. The minimum absolute atomic E-state index is 0.0560. The molecule has 4 rings (SSSR count). The molecule has 0 aliphatic carbocycles.